The number of nitrogens with one attached hydrogen (secondary N) is 1. The molecular weight excluding hydrogens is 276 g/mol. The van der Waals surface area contributed by atoms with Gasteiger partial charge in [-0.25, -0.2) is 4.98 Å². The third-order valence-electron chi connectivity index (χ3n) is 2.72. The molecule has 1 saturated heterocycles. The second-order valence-corrected chi connectivity index (χ2v) is 4.41. The quantitative estimate of drug-likeness (QED) is 0.500. The van der Waals surface area contributed by atoms with Crippen molar-refractivity contribution < 1.29 is 14.5 Å². The predicted octanol–water partition coefficient (Wildman–Crippen LogP) is 0.812. The Morgan fingerprint density at radius 2 is 2.26 bits per heavy atom. The van der Waals surface area contributed by atoms with Crippen molar-refractivity contribution in [2.75, 3.05) is 12.4 Å². The van der Waals surface area contributed by atoms with E-state index in [9.17, 15) is 19.7 Å². The first kappa shape index (κ1) is 13.2. The van der Waals surface area contributed by atoms with E-state index in [4.69, 9.17) is 11.6 Å². The van der Waals surface area contributed by atoms with Crippen molar-refractivity contribution >= 4 is 34.9 Å². The maximum absolute atomic E-state index is 11.7. The van der Waals surface area contributed by atoms with Gasteiger partial charge >= 0.3 is 5.69 Å². The summed E-state index contributed by atoms with van der Waals surface area (Å²) >= 11 is 5.63. The molecule has 8 nitrogen and oxygen atoms in total. The first-order valence-electron chi connectivity index (χ1n) is 5.27. The first-order chi connectivity index (χ1) is 8.90. The molecule has 2 amide bonds. The fourth-order valence-corrected chi connectivity index (χ4v) is 1.86. The van der Waals surface area contributed by atoms with Gasteiger partial charge in [0, 0.05) is 19.3 Å². The fraction of sp³-hybridized carbons (Fsp3) is 0.300. The van der Waals surface area contributed by atoms with Crippen LogP contribution in [0.5, 0.6) is 0 Å². The Morgan fingerprint density at radius 1 is 1.58 bits per heavy atom. The number of hydrogen-bond donors (Lipinski definition) is 1. The Kier molecular flexibility index (Phi) is 3.34. The molecule has 1 atom stereocenters. The van der Waals surface area contributed by atoms with E-state index in [1.54, 1.807) is 0 Å². The summed E-state index contributed by atoms with van der Waals surface area (Å²) in [5.41, 5.74) is -0.345. The van der Waals surface area contributed by atoms with Gasteiger partial charge in [0.1, 0.15) is 6.04 Å². The fourth-order valence-electron chi connectivity index (χ4n) is 1.71. The van der Waals surface area contributed by atoms with Gasteiger partial charge in [0.15, 0.2) is 0 Å². The molecule has 1 aromatic rings. The minimum atomic E-state index is -0.843. The largest absolute Gasteiger partial charge is 0.352 e. The smallest absolute Gasteiger partial charge is 0.312 e. The number of rotatable bonds is 3. The van der Waals surface area contributed by atoms with Crippen LogP contribution in [0, 0.1) is 10.1 Å². The standard InChI is InChI=1S/C10H9ClN4O4/c1-14-8(16)3-6(10(14)17)13-9-7(15(18)19)2-5(11)4-12-9/h2,4,6H,3H2,1H3,(H,12,13). The average molecular weight is 285 g/mol. The summed E-state index contributed by atoms with van der Waals surface area (Å²) in [6, 6.07) is 0.284. The van der Waals surface area contributed by atoms with Gasteiger partial charge in [-0.15, -0.1) is 0 Å². The number of nitro groups is 1. The van der Waals surface area contributed by atoms with Crippen LogP contribution in [-0.2, 0) is 9.59 Å². The molecule has 1 unspecified atom stereocenters. The SMILES string of the molecule is CN1C(=O)CC(Nc2ncc(Cl)cc2[N+](=O)[O-])C1=O. The van der Waals surface area contributed by atoms with Crippen molar-refractivity contribution in [3.05, 3.63) is 27.4 Å². The summed E-state index contributed by atoms with van der Waals surface area (Å²) < 4.78 is 0. The highest BCUT2D eigenvalue weighted by Crippen LogP contribution is 2.27. The summed E-state index contributed by atoms with van der Waals surface area (Å²) in [6.07, 6.45) is 1.17. The van der Waals surface area contributed by atoms with Crippen LogP contribution in [0.4, 0.5) is 11.5 Å². The van der Waals surface area contributed by atoms with Crippen LogP contribution < -0.4 is 5.32 Å². The monoisotopic (exact) mass is 284 g/mol. The third-order valence-corrected chi connectivity index (χ3v) is 2.93. The van der Waals surface area contributed by atoms with Crippen LogP contribution in [-0.4, -0.2) is 39.7 Å². The number of likely N-dealkylation sites (tertiary alicyclic amines) is 1. The Hall–Kier alpha value is -2.22. The molecule has 1 N–H and O–H groups in total. The second kappa shape index (κ2) is 4.81. The molecule has 2 rings (SSSR count). The zero-order valence-electron chi connectivity index (χ0n) is 9.79. The van der Waals surface area contributed by atoms with E-state index in [2.05, 4.69) is 10.3 Å². The first-order valence-corrected chi connectivity index (χ1v) is 5.65. The van der Waals surface area contributed by atoms with Crippen LogP contribution in [0.2, 0.25) is 5.02 Å². The Balaban J connectivity index is 2.27. The van der Waals surface area contributed by atoms with Gasteiger partial charge in [0.2, 0.25) is 11.7 Å². The molecule has 0 saturated carbocycles. The molecule has 0 bridgehead atoms. The van der Waals surface area contributed by atoms with E-state index >= 15 is 0 Å². The molecule has 0 aliphatic carbocycles. The van der Waals surface area contributed by atoms with E-state index in [0.717, 1.165) is 11.0 Å². The number of halogens is 1. The van der Waals surface area contributed by atoms with Crippen molar-refractivity contribution in [2.24, 2.45) is 0 Å². The van der Waals surface area contributed by atoms with Gasteiger partial charge in [-0.1, -0.05) is 11.6 Å². The normalized spacial score (nSPS) is 18.8. The number of carbonyl (C=O) groups excluding carboxylic acids is 2. The van der Waals surface area contributed by atoms with Crippen LogP contribution >= 0.6 is 11.6 Å². The number of pyridine rings is 1. The second-order valence-electron chi connectivity index (χ2n) is 3.97. The summed E-state index contributed by atoms with van der Waals surface area (Å²) in [7, 11) is 1.36. The molecule has 1 fully saturated rings. The van der Waals surface area contributed by atoms with Crippen LogP contribution in [0.3, 0.4) is 0 Å². The van der Waals surface area contributed by atoms with Crippen LogP contribution in [0.25, 0.3) is 0 Å². The number of amides is 2. The van der Waals surface area contributed by atoms with Gasteiger partial charge < -0.3 is 5.32 Å². The predicted molar refractivity (Wildman–Crippen MR) is 65.7 cm³/mol. The molecule has 0 radical (unpaired) electrons. The molecule has 1 aliphatic rings. The van der Waals surface area contributed by atoms with Gasteiger partial charge in [0.25, 0.3) is 5.91 Å². The maximum atomic E-state index is 11.7. The highest BCUT2D eigenvalue weighted by atomic mass is 35.5. The number of carbonyl (C=O) groups is 2. The van der Waals surface area contributed by atoms with Gasteiger partial charge in [0.05, 0.1) is 16.4 Å². The summed E-state index contributed by atoms with van der Waals surface area (Å²) in [4.78, 5) is 38.0. The Labute approximate surface area is 112 Å². The molecule has 1 aliphatic heterocycles. The number of hydrogen-bond acceptors (Lipinski definition) is 6. The molecule has 0 spiro atoms. The van der Waals surface area contributed by atoms with Gasteiger partial charge in [-0.2, -0.15) is 0 Å². The highest BCUT2D eigenvalue weighted by molar-refractivity contribution is 6.30. The summed E-state index contributed by atoms with van der Waals surface area (Å²) in [6.45, 7) is 0. The van der Waals surface area contributed by atoms with Crippen molar-refractivity contribution in [3.63, 3.8) is 0 Å². The minimum absolute atomic E-state index is 0.0587. The Bertz CT molecular complexity index is 577. The molecule has 9 heteroatoms. The summed E-state index contributed by atoms with van der Waals surface area (Å²) in [5, 5.41) is 13.6. The number of aromatic nitrogens is 1. The van der Waals surface area contributed by atoms with Crippen LogP contribution in [0.1, 0.15) is 6.42 Å². The van der Waals surface area contributed by atoms with E-state index in [-0.39, 0.29) is 28.9 Å². The van der Waals surface area contributed by atoms with Crippen LogP contribution in [0.15, 0.2) is 12.3 Å². The van der Waals surface area contributed by atoms with Crippen molar-refractivity contribution in [1.82, 2.24) is 9.88 Å². The number of likely N-dealkylation sites (N-methyl/N-ethyl adjacent to an activating group) is 1. The lowest BCUT2D eigenvalue weighted by atomic mass is 10.2. The minimum Gasteiger partial charge on any atom is -0.352 e. The maximum Gasteiger partial charge on any atom is 0.312 e. The molecule has 1 aromatic heterocycles. The molecule has 0 aromatic carbocycles. The van der Waals surface area contributed by atoms with Gasteiger partial charge in [-0.3, -0.25) is 24.6 Å². The number of imide groups is 1. The van der Waals surface area contributed by atoms with Crippen molar-refractivity contribution in [3.8, 4) is 0 Å². The number of anilines is 1. The third kappa shape index (κ3) is 2.48. The highest BCUT2D eigenvalue weighted by Gasteiger charge is 2.37. The molecule has 19 heavy (non-hydrogen) atoms. The van der Waals surface area contributed by atoms with E-state index in [0.29, 0.717) is 0 Å². The molecule has 100 valence electrons. The lowest BCUT2D eigenvalue weighted by molar-refractivity contribution is -0.384. The zero-order valence-corrected chi connectivity index (χ0v) is 10.5. The zero-order chi connectivity index (χ0) is 14.2. The van der Waals surface area contributed by atoms with Crippen molar-refractivity contribution in [2.45, 2.75) is 12.5 Å². The number of nitrogens with zero attached hydrogens (tertiary/aromatic N) is 3. The van der Waals surface area contributed by atoms with Crippen molar-refractivity contribution in [1.29, 1.82) is 0 Å². The molecular formula is C10H9ClN4O4. The van der Waals surface area contributed by atoms with Gasteiger partial charge in [-0.05, 0) is 0 Å². The Morgan fingerprint density at radius 3 is 2.79 bits per heavy atom. The topological polar surface area (TPSA) is 105 Å². The molecule has 2 heterocycles. The average Bonchev–Trinajstić information content (AvgIpc) is 2.59. The lowest BCUT2D eigenvalue weighted by Crippen LogP contribution is -2.32. The van der Waals surface area contributed by atoms with E-state index in [1.165, 1.54) is 13.2 Å². The summed E-state index contributed by atoms with van der Waals surface area (Å²) in [5.74, 6) is -0.883. The lowest BCUT2D eigenvalue weighted by Gasteiger charge is -2.11. The van der Waals surface area contributed by atoms with E-state index < -0.39 is 16.9 Å². The van der Waals surface area contributed by atoms with E-state index in [1.807, 2.05) is 0 Å².